The highest BCUT2D eigenvalue weighted by molar-refractivity contribution is 5.97. The minimum atomic E-state index is -0.534. The Morgan fingerprint density at radius 1 is 1.16 bits per heavy atom. The van der Waals surface area contributed by atoms with Crippen molar-refractivity contribution in [3.63, 3.8) is 0 Å². The minimum absolute atomic E-state index is 0.0111. The van der Waals surface area contributed by atoms with Crippen molar-refractivity contribution in [1.29, 1.82) is 0 Å². The topological polar surface area (TPSA) is 66.4 Å². The summed E-state index contributed by atoms with van der Waals surface area (Å²) >= 11 is 0. The molecule has 0 unspecified atom stereocenters. The van der Waals surface area contributed by atoms with Crippen LogP contribution in [0.1, 0.15) is 37.8 Å². The fraction of sp³-hybridized carbons (Fsp3) is 0.500. The lowest BCUT2D eigenvalue weighted by atomic mass is 9.81. The third-order valence-electron chi connectivity index (χ3n) is 3.85. The fourth-order valence-corrected chi connectivity index (χ4v) is 2.82. The molecule has 1 spiro atoms. The molecule has 19 heavy (non-hydrogen) atoms. The molecule has 3 rings (SSSR count). The van der Waals surface area contributed by atoms with Crippen LogP contribution in [0, 0.1) is 0 Å². The highest BCUT2D eigenvalue weighted by atomic mass is 16.2. The first-order valence-electron chi connectivity index (χ1n) is 6.84. The summed E-state index contributed by atoms with van der Waals surface area (Å²) in [5.41, 5.74) is 6.09. The number of carbonyl (C=O) groups excluding carboxylic acids is 1. The largest absolute Gasteiger partial charge is 0.285 e. The number of aromatic nitrogens is 1. The van der Waals surface area contributed by atoms with E-state index >= 15 is 0 Å². The Morgan fingerprint density at radius 2 is 2.00 bits per heavy atom. The van der Waals surface area contributed by atoms with Crippen molar-refractivity contribution in [3.05, 3.63) is 30.1 Å². The van der Waals surface area contributed by atoms with Gasteiger partial charge in [-0.25, -0.2) is 0 Å². The summed E-state index contributed by atoms with van der Waals surface area (Å²) in [7, 11) is 0. The second kappa shape index (κ2) is 4.99. The average molecular weight is 258 g/mol. The molecule has 100 valence electrons. The van der Waals surface area contributed by atoms with Crippen LogP contribution in [-0.2, 0) is 11.2 Å². The van der Waals surface area contributed by atoms with E-state index in [9.17, 15) is 4.79 Å². The summed E-state index contributed by atoms with van der Waals surface area (Å²) in [6.45, 7) is 0. The van der Waals surface area contributed by atoms with Gasteiger partial charge in [0, 0.05) is 18.3 Å². The van der Waals surface area contributed by atoms with Crippen LogP contribution in [0.2, 0.25) is 0 Å². The van der Waals surface area contributed by atoms with E-state index in [0.29, 0.717) is 6.42 Å². The van der Waals surface area contributed by atoms with Crippen LogP contribution >= 0.6 is 0 Å². The van der Waals surface area contributed by atoms with Crippen LogP contribution in [0.15, 0.2) is 29.4 Å². The van der Waals surface area contributed by atoms with Crippen molar-refractivity contribution >= 4 is 11.7 Å². The third-order valence-corrected chi connectivity index (χ3v) is 3.85. The number of nitrogens with zero attached hydrogens (tertiary/aromatic N) is 2. The zero-order valence-electron chi connectivity index (χ0n) is 10.9. The normalized spacial score (nSPS) is 21.5. The summed E-state index contributed by atoms with van der Waals surface area (Å²) in [5.74, 6) is 0.817. The molecule has 1 aromatic heterocycles. The van der Waals surface area contributed by atoms with Crippen molar-refractivity contribution in [1.82, 2.24) is 15.8 Å². The predicted octanol–water partition coefficient (Wildman–Crippen LogP) is 1.36. The highest BCUT2D eigenvalue weighted by Gasteiger charge is 2.41. The molecule has 0 aromatic carbocycles. The van der Waals surface area contributed by atoms with Crippen LogP contribution in [0.5, 0.6) is 0 Å². The van der Waals surface area contributed by atoms with Crippen LogP contribution < -0.4 is 10.9 Å². The van der Waals surface area contributed by atoms with E-state index in [0.717, 1.165) is 37.2 Å². The molecule has 2 aliphatic rings. The molecule has 2 N–H and O–H groups in total. The third kappa shape index (κ3) is 2.45. The molecule has 5 heteroatoms. The van der Waals surface area contributed by atoms with Gasteiger partial charge in [-0.15, -0.1) is 0 Å². The standard InChI is InChI=1S/C14H18N4O/c19-13-14(7-3-1-4-8-14)16-12(17-18-13)10-11-6-2-5-9-15-11/h2,5-6,9H,1,3-4,7-8,10H2,(H,16,17)(H,18,19). The number of amidine groups is 1. The first-order valence-corrected chi connectivity index (χ1v) is 6.84. The fourth-order valence-electron chi connectivity index (χ4n) is 2.82. The molecule has 1 fully saturated rings. The molecular weight excluding hydrogens is 240 g/mol. The first-order chi connectivity index (χ1) is 9.28. The van der Waals surface area contributed by atoms with Gasteiger partial charge in [-0.1, -0.05) is 25.3 Å². The van der Waals surface area contributed by atoms with E-state index in [1.54, 1.807) is 6.20 Å². The van der Waals surface area contributed by atoms with Crippen LogP contribution in [0.4, 0.5) is 0 Å². The van der Waals surface area contributed by atoms with Gasteiger partial charge in [-0.2, -0.15) is 0 Å². The van der Waals surface area contributed by atoms with Crippen molar-refractivity contribution < 1.29 is 4.79 Å². The Kier molecular flexibility index (Phi) is 3.19. The molecule has 1 aromatic rings. The summed E-state index contributed by atoms with van der Waals surface area (Å²) in [6.07, 6.45) is 7.46. The molecule has 0 radical (unpaired) electrons. The van der Waals surface area contributed by atoms with Gasteiger partial charge in [-0.3, -0.25) is 25.6 Å². The van der Waals surface area contributed by atoms with Crippen LogP contribution in [0.25, 0.3) is 0 Å². The second-order valence-electron chi connectivity index (χ2n) is 5.23. The Balaban J connectivity index is 1.82. The number of amides is 1. The van der Waals surface area contributed by atoms with E-state index in [-0.39, 0.29) is 5.91 Å². The zero-order valence-corrected chi connectivity index (χ0v) is 10.9. The van der Waals surface area contributed by atoms with E-state index in [1.165, 1.54) is 6.42 Å². The quantitative estimate of drug-likeness (QED) is 0.841. The maximum absolute atomic E-state index is 12.1. The van der Waals surface area contributed by atoms with Gasteiger partial charge >= 0.3 is 0 Å². The van der Waals surface area contributed by atoms with Gasteiger partial charge in [0.1, 0.15) is 11.4 Å². The number of hydrazine groups is 1. The molecule has 1 aliphatic carbocycles. The first kappa shape index (κ1) is 12.1. The molecule has 0 bridgehead atoms. The minimum Gasteiger partial charge on any atom is -0.285 e. The average Bonchev–Trinajstić information content (AvgIpc) is 2.45. The lowest BCUT2D eigenvalue weighted by Gasteiger charge is -2.36. The number of hydrogen-bond acceptors (Lipinski definition) is 4. The summed E-state index contributed by atoms with van der Waals surface area (Å²) in [6, 6.07) is 5.82. The zero-order chi connectivity index (χ0) is 13.1. The van der Waals surface area contributed by atoms with Gasteiger partial charge in [0.05, 0.1) is 0 Å². The summed E-state index contributed by atoms with van der Waals surface area (Å²) in [5, 5.41) is 0. The smallest absolute Gasteiger partial charge is 0.266 e. The SMILES string of the molecule is O=C1NNC(Cc2ccccn2)=NC12CCCCC2. The van der Waals surface area contributed by atoms with E-state index in [1.807, 2.05) is 18.2 Å². The van der Waals surface area contributed by atoms with Crippen molar-refractivity contribution in [2.75, 3.05) is 0 Å². The lowest BCUT2D eigenvalue weighted by molar-refractivity contribution is -0.128. The molecule has 2 heterocycles. The maximum atomic E-state index is 12.1. The number of hydrogen-bond donors (Lipinski definition) is 2. The number of nitrogens with one attached hydrogen (secondary N) is 2. The van der Waals surface area contributed by atoms with Gasteiger partial charge < -0.3 is 0 Å². The van der Waals surface area contributed by atoms with Gasteiger partial charge in [0.2, 0.25) is 0 Å². The maximum Gasteiger partial charge on any atom is 0.266 e. The number of carbonyl (C=O) groups is 1. The van der Waals surface area contributed by atoms with Gasteiger partial charge in [-0.05, 0) is 25.0 Å². The number of pyridine rings is 1. The Hall–Kier alpha value is -1.91. The van der Waals surface area contributed by atoms with Gasteiger partial charge in [0.15, 0.2) is 0 Å². The highest BCUT2D eigenvalue weighted by Crippen LogP contribution is 2.33. The molecule has 1 aliphatic heterocycles. The molecule has 0 saturated heterocycles. The van der Waals surface area contributed by atoms with E-state index in [4.69, 9.17) is 4.99 Å². The molecular formula is C14H18N4O. The van der Waals surface area contributed by atoms with E-state index in [2.05, 4.69) is 15.8 Å². The molecule has 1 amide bonds. The van der Waals surface area contributed by atoms with E-state index < -0.39 is 5.54 Å². The van der Waals surface area contributed by atoms with Crippen molar-refractivity contribution in [3.8, 4) is 0 Å². The summed E-state index contributed by atoms with van der Waals surface area (Å²) < 4.78 is 0. The van der Waals surface area contributed by atoms with Crippen molar-refractivity contribution in [2.45, 2.75) is 44.1 Å². The lowest BCUT2D eigenvalue weighted by Crippen LogP contribution is -2.58. The Bertz CT molecular complexity index is 491. The second-order valence-corrected chi connectivity index (χ2v) is 5.23. The van der Waals surface area contributed by atoms with Crippen molar-refractivity contribution in [2.24, 2.45) is 4.99 Å². The predicted molar refractivity (Wildman–Crippen MR) is 72.5 cm³/mol. The molecule has 0 atom stereocenters. The van der Waals surface area contributed by atoms with Crippen LogP contribution in [0.3, 0.4) is 0 Å². The number of aliphatic imine (C=N–C) groups is 1. The number of rotatable bonds is 2. The van der Waals surface area contributed by atoms with Gasteiger partial charge in [0.25, 0.3) is 5.91 Å². The van der Waals surface area contributed by atoms with Crippen LogP contribution in [-0.4, -0.2) is 22.3 Å². The monoisotopic (exact) mass is 258 g/mol. The molecule has 1 saturated carbocycles. The molecule has 5 nitrogen and oxygen atoms in total. The summed E-state index contributed by atoms with van der Waals surface area (Å²) in [4.78, 5) is 21.1. The Morgan fingerprint density at radius 3 is 2.74 bits per heavy atom. The Labute approximate surface area is 112 Å².